The molecule has 0 aliphatic carbocycles. The molecule has 33 heavy (non-hydrogen) atoms. The third kappa shape index (κ3) is 7.11. The van der Waals surface area contributed by atoms with E-state index < -0.39 is 10.0 Å². The molecule has 0 bridgehead atoms. The number of thioether (sulfide) groups is 1. The second-order valence-electron chi connectivity index (χ2n) is 8.03. The Kier molecular flexibility index (Phi) is 8.58. The molecule has 0 radical (unpaired) electrons. The molecule has 0 saturated carbocycles. The minimum absolute atomic E-state index is 0.163. The minimum atomic E-state index is -3.89. The summed E-state index contributed by atoms with van der Waals surface area (Å²) in [6.45, 7) is 6.11. The first-order valence-electron chi connectivity index (χ1n) is 10.9. The maximum absolute atomic E-state index is 13.4. The molecular weight excluding hydrogens is 452 g/mol. The number of benzene rings is 3. The van der Waals surface area contributed by atoms with Crippen LogP contribution in [0.2, 0.25) is 0 Å². The van der Waals surface area contributed by atoms with Crippen molar-refractivity contribution in [3.8, 4) is 0 Å². The number of aryl methyl sites for hydroxylation is 3. The number of nitrogens with one attached hydrogen (secondary N) is 1. The molecule has 0 atom stereocenters. The van der Waals surface area contributed by atoms with E-state index in [9.17, 15) is 13.2 Å². The summed E-state index contributed by atoms with van der Waals surface area (Å²) in [6.07, 6.45) is 0.791. The summed E-state index contributed by atoms with van der Waals surface area (Å²) in [4.78, 5) is 14.0. The van der Waals surface area contributed by atoms with Gasteiger partial charge in [0.2, 0.25) is 5.91 Å². The molecule has 0 spiro atoms. The van der Waals surface area contributed by atoms with Crippen LogP contribution in [0.5, 0.6) is 0 Å². The molecule has 1 amide bonds. The third-order valence-electron chi connectivity index (χ3n) is 5.15. The predicted octanol–water partition coefficient (Wildman–Crippen LogP) is 5.11. The van der Waals surface area contributed by atoms with Gasteiger partial charge in [0.25, 0.3) is 10.0 Å². The van der Waals surface area contributed by atoms with Crippen molar-refractivity contribution in [1.29, 1.82) is 0 Å². The second kappa shape index (κ2) is 11.4. The number of hydrogen-bond donors (Lipinski definition) is 1. The fraction of sp³-hybridized carbons (Fsp3) is 0.269. The Balaban J connectivity index is 1.63. The highest BCUT2D eigenvalue weighted by Crippen LogP contribution is 2.24. The Bertz CT molecular complexity index is 1160. The quantitative estimate of drug-likeness (QED) is 0.322. The number of hydrogen-bond acceptors (Lipinski definition) is 4. The van der Waals surface area contributed by atoms with Crippen molar-refractivity contribution in [1.82, 2.24) is 5.32 Å². The van der Waals surface area contributed by atoms with Crippen LogP contribution in [0.15, 0.2) is 82.6 Å². The van der Waals surface area contributed by atoms with Crippen LogP contribution in [-0.4, -0.2) is 33.2 Å². The summed E-state index contributed by atoms with van der Waals surface area (Å²) in [5, 5.41) is 2.86. The summed E-state index contributed by atoms with van der Waals surface area (Å²) in [7, 11) is -3.89. The largest absolute Gasteiger partial charge is 0.354 e. The lowest BCUT2D eigenvalue weighted by molar-refractivity contribution is -0.119. The molecule has 0 unspecified atom stereocenters. The molecule has 3 aromatic rings. The van der Waals surface area contributed by atoms with Gasteiger partial charge in [0, 0.05) is 11.4 Å². The Hall–Kier alpha value is -2.77. The van der Waals surface area contributed by atoms with E-state index in [1.54, 1.807) is 48.2 Å². The van der Waals surface area contributed by atoms with Gasteiger partial charge in [-0.15, -0.1) is 11.8 Å². The zero-order chi connectivity index (χ0) is 23.8. The normalized spacial score (nSPS) is 11.2. The topological polar surface area (TPSA) is 66.5 Å². The van der Waals surface area contributed by atoms with E-state index >= 15 is 0 Å². The number of carbonyl (C=O) groups is 1. The van der Waals surface area contributed by atoms with E-state index in [1.165, 1.54) is 14.8 Å². The molecule has 0 fully saturated rings. The van der Waals surface area contributed by atoms with Gasteiger partial charge in [-0.3, -0.25) is 9.10 Å². The molecule has 3 rings (SSSR count). The lowest BCUT2D eigenvalue weighted by Crippen LogP contribution is -2.41. The first-order chi connectivity index (χ1) is 15.8. The van der Waals surface area contributed by atoms with Crippen LogP contribution in [0.1, 0.15) is 23.1 Å². The van der Waals surface area contributed by atoms with Crippen LogP contribution < -0.4 is 9.62 Å². The van der Waals surface area contributed by atoms with Crippen LogP contribution in [0.3, 0.4) is 0 Å². The van der Waals surface area contributed by atoms with Gasteiger partial charge < -0.3 is 5.32 Å². The molecule has 0 aliphatic heterocycles. The van der Waals surface area contributed by atoms with Gasteiger partial charge in [0.05, 0.1) is 10.6 Å². The molecule has 0 saturated heterocycles. The first-order valence-corrected chi connectivity index (χ1v) is 13.3. The second-order valence-corrected chi connectivity index (χ2v) is 11.1. The number of nitrogens with zero attached hydrogens (tertiary/aromatic N) is 1. The van der Waals surface area contributed by atoms with E-state index in [4.69, 9.17) is 0 Å². The van der Waals surface area contributed by atoms with Gasteiger partial charge >= 0.3 is 0 Å². The Morgan fingerprint density at radius 3 is 1.91 bits per heavy atom. The summed E-state index contributed by atoms with van der Waals surface area (Å²) in [5.41, 5.74) is 3.68. The van der Waals surface area contributed by atoms with E-state index in [0.29, 0.717) is 12.2 Å². The SMILES string of the molecule is Cc1ccc(SCCCNC(=O)CN(c2ccc(C)cc2)S(=O)(=O)c2ccc(C)cc2)cc1. The van der Waals surface area contributed by atoms with Gasteiger partial charge in [-0.25, -0.2) is 8.42 Å². The van der Waals surface area contributed by atoms with Gasteiger partial charge in [0.15, 0.2) is 0 Å². The summed E-state index contributed by atoms with van der Waals surface area (Å²) in [5.74, 6) is 0.541. The van der Waals surface area contributed by atoms with E-state index in [0.717, 1.165) is 23.3 Å². The number of sulfonamides is 1. The Labute approximate surface area is 201 Å². The number of amides is 1. The molecule has 0 aromatic heterocycles. The average Bonchev–Trinajstić information content (AvgIpc) is 2.79. The summed E-state index contributed by atoms with van der Waals surface area (Å²) >= 11 is 1.74. The van der Waals surface area contributed by atoms with E-state index in [1.807, 2.05) is 26.0 Å². The molecule has 7 heteroatoms. The summed E-state index contributed by atoms with van der Waals surface area (Å²) < 4.78 is 27.9. The number of rotatable bonds is 10. The van der Waals surface area contributed by atoms with Gasteiger partial charge in [0.1, 0.15) is 6.54 Å². The Morgan fingerprint density at radius 2 is 1.33 bits per heavy atom. The van der Waals surface area contributed by atoms with Crippen LogP contribution in [0.4, 0.5) is 5.69 Å². The molecule has 0 heterocycles. The van der Waals surface area contributed by atoms with Crippen molar-refractivity contribution in [2.75, 3.05) is 23.1 Å². The first kappa shape index (κ1) is 24.9. The zero-order valence-corrected chi connectivity index (χ0v) is 20.9. The van der Waals surface area contributed by atoms with Crippen molar-refractivity contribution in [2.45, 2.75) is 37.0 Å². The highest BCUT2D eigenvalue weighted by Gasteiger charge is 2.27. The van der Waals surface area contributed by atoms with Gasteiger partial charge in [-0.2, -0.15) is 0 Å². The van der Waals surface area contributed by atoms with Gasteiger partial charge in [-0.05, 0) is 69.3 Å². The predicted molar refractivity (Wildman–Crippen MR) is 136 cm³/mol. The molecule has 3 aromatic carbocycles. The standard InChI is InChI=1S/C26H30N2O3S2/c1-20-5-11-23(12-6-20)28(33(30,31)25-15-9-22(3)10-16-25)19-26(29)27-17-4-18-32-24-13-7-21(2)8-14-24/h5-16H,4,17-19H2,1-3H3,(H,27,29). The molecule has 5 nitrogen and oxygen atoms in total. The highest BCUT2D eigenvalue weighted by atomic mass is 32.2. The van der Waals surface area contributed by atoms with Crippen LogP contribution in [-0.2, 0) is 14.8 Å². The highest BCUT2D eigenvalue weighted by molar-refractivity contribution is 7.99. The lowest BCUT2D eigenvalue weighted by atomic mass is 10.2. The maximum atomic E-state index is 13.4. The van der Waals surface area contributed by atoms with E-state index in [-0.39, 0.29) is 17.3 Å². The minimum Gasteiger partial charge on any atom is -0.354 e. The monoisotopic (exact) mass is 482 g/mol. The fourth-order valence-corrected chi connectivity index (χ4v) is 5.45. The Morgan fingerprint density at radius 1 is 0.818 bits per heavy atom. The van der Waals surface area contributed by atoms with Crippen LogP contribution in [0.25, 0.3) is 0 Å². The van der Waals surface area contributed by atoms with Crippen LogP contribution >= 0.6 is 11.8 Å². The van der Waals surface area contributed by atoms with E-state index in [2.05, 4.69) is 36.5 Å². The van der Waals surface area contributed by atoms with Crippen molar-refractivity contribution < 1.29 is 13.2 Å². The number of carbonyl (C=O) groups excluding carboxylic acids is 1. The van der Waals surface area contributed by atoms with Crippen LogP contribution in [0, 0.1) is 20.8 Å². The van der Waals surface area contributed by atoms with Crippen molar-refractivity contribution in [3.05, 3.63) is 89.5 Å². The van der Waals surface area contributed by atoms with Gasteiger partial charge in [-0.1, -0.05) is 53.1 Å². The third-order valence-corrected chi connectivity index (χ3v) is 8.04. The molecular formula is C26H30N2O3S2. The fourth-order valence-electron chi connectivity index (χ4n) is 3.17. The maximum Gasteiger partial charge on any atom is 0.264 e. The van der Waals surface area contributed by atoms with Crippen molar-refractivity contribution >= 4 is 33.4 Å². The smallest absolute Gasteiger partial charge is 0.264 e. The lowest BCUT2D eigenvalue weighted by Gasteiger charge is -2.24. The average molecular weight is 483 g/mol. The zero-order valence-electron chi connectivity index (χ0n) is 19.2. The summed E-state index contributed by atoms with van der Waals surface area (Å²) in [6, 6.07) is 22.1. The molecule has 174 valence electrons. The number of anilines is 1. The van der Waals surface area contributed by atoms with Crippen molar-refractivity contribution in [2.24, 2.45) is 0 Å². The van der Waals surface area contributed by atoms with Crippen molar-refractivity contribution in [3.63, 3.8) is 0 Å². The molecule has 0 aliphatic rings. The molecule has 1 N–H and O–H groups in total.